The van der Waals surface area contributed by atoms with Crippen LogP contribution in [0.15, 0.2) is 18.5 Å². The van der Waals surface area contributed by atoms with Crippen molar-refractivity contribution in [3.05, 3.63) is 34.9 Å². The van der Waals surface area contributed by atoms with Gasteiger partial charge in [-0.2, -0.15) is 15.1 Å². The first-order valence-electron chi connectivity index (χ1n) is 14.9. The summed E-state index contributed by atoms with van der Waals surface area (Å²) >= 11 is 6.73. The quantitative estimate of drug-likeness (QED) is 0.316. The lowest BCUT2D eigenvalue weighted by molar-refractivity contribution is -0.0779. The summed E-state index contributed by atoms with van der Waals surface area (Å²) in [4.78, 5) is 30.5. The molecule has 0 saturated carbocycles. The monoisotopic (exact) mass is 643 g/mol. The van der Waals surface area contributed by atoms with E-state index >= 15 is 4.39 Å². The lowest BCUT2D eigenvalue weighted by Crippen LogP contribution is -2.50. The van der Waals surface area contributed by atoms with Crippen molar-refractivity contribution >= 4 is 45.4 Å². The Bertz CT molecular complexity index is 1760. The van der Waals surface area contributed by atoms with E-state index in [4.69, 9.17) is 30.5 Å². The minimum atomic E-state index is -1.69. The first kappa shape index (κ1) is 29.8. The molecule has 15 heteroatoms. The first-order chi connectivity index (χ1) is 21.9. The third-order valence-corrected chi connectivity index (χ3v) is 9.08. The van der Waals surface area contributed by atoms with Gasteiger partial charge in [0.2, 0.25) is 0 Å². The number of hydrogen-bond acceptors (Lipinski definition) is 11. The number of carbonyl (C=O) groups is 1. The minimum absolute atomic E-state index is 0.0224. The molecule has 2 atom stereocenters. The fourth-order valence-electron chi connectivity index (χ4n) is 6.35. The number of fused-ring (bicyclic) bond motifs is 7. The second-order valence-corrected chi connectivity index (χ2v) is 12.1. The van der Waals surface area contributed by atoms with Crippen LogP contribution < -0.4 is 9.64 Å². The van der Waals surface area contributed by atoms with Crippen molar-refractivity contribution in [2.75, 3.05) is 64.7 Å². The lowest BCUT2D eigenvalue weighted by atomic mass is 9.95. The molecule has 45 heavy (non-hydrogen) atoms. The highest BCUT2D eigenvalue weighted by Gasteiger charge is 2.41. The fraction of sp³-hybridized carbons (Fsp3) is 0.500. The number of nitrogens with zero attached hydrogens (tertiary/aromatic N) is 6. The van der Waals surface area contributed by atoms with Crippen LogP contribution in [0.25, 0.3) is 33.1 Å². The summed E-state index contributed by atoms with van der Waals surface area (Å²) in [5.41, 5.74) is -0.0244. The van der Waals surface area contributed by atoms with Gasteiger partial charge in [-0.25, -0.2) is 13.6 Å². The van der Waals surface area contributed by atoms with Crippen molar-refractivity contribution in [3.63, 3.8) is 0 Å². The Labute approximate surface area is 261 Å². The highest BCUT2D eigenvalue weighted by Crippen LogP contribution is 2.40. The molecular weight excluding hydrogens is 612 g/mol. The van der Waals surface area contributed by atoms with E-state index < -0.39 is 24.2 Å². The molecule has 8 rings (SSSR count). The number of alkyl halides is 1. The topological polar surface area (TPSA) is 128 Å². The number of aromatic amines is 1. The summed E-state index contributed by atoms with van der Waals surface area (Å²) in [7, 11) is 2.03. The fourth-order valence-corrected chi connectivity index (χ4v) is 6.64. The smallest absolute Gasteiger partial charge is 0.462 e. The number of rotatable bonds is 4. The number of H-pyrrole nitrogens is 1. The largest absolute Gasteiger partial charge is 0.509 e. The van der Waals surface area contributed by atoms with Gasteiger partial charge in [0, 0.05) is 34.8 Å². The molecule has 4 aliphatic rings. The Morgan fingerprint density at radius 1 is 1.20 bits per heavy atom. The van der Waals surface area contributed by atoms with E-state index in [0.29, 0.717) is 46.5 Å². The zero-order chi connectivity index (χ0) is 31.1. The summed E-state index contributed by atoms with van der Waals surface area (Å²) in [5, 5.41) is 8.31. The van der Waals surface area contributed by atoms with Gasteiger partial charge in [-0.1, -0.05) is 11.6 Å². The van der Waals surface area contributed by atoms with Crippen molar-refractivity contribution in [3.8, 4) is 17.3 Å². The number of anilines is 1. The maximum Gasteiger partial charge on any atom is 0.509 e. The standard InChI is InChI=1S/C30H32ClF2N7O5/c1-39-6-2-4-17(39)13-44-28-36-25-20-11-34-26(24(25)33)23-18(21(31)10-22-19(23)12-35-38-22)5-3-8-43-29(41)45-30(14-32)15-40(27(20)37-28)7-9-42-16-30/h10-12,17H,2-9,13-16H2,1H3,(H,35,38)/t17-,30+/m0/s1. The summed E-state index contributed by atoms with van der Waals surface area (Å²) in [6.45, 7) is 0.262. The molecule has 2 saturated heterocycles. The molecule has 0 radical (unpaired) electrons. The van der Waals surface area contributed by atoms with Gasteiger partial charge < -0.3 is 28.7 Å². The SMILES string of the molecule is CN1CCC[C@H]1COc1nc2c3cnc(c(F)c3n1)-c1c(c(Cl)cc3[nH]ncc13)CCCOC(=O)O[C@@]1(CF)COCCN2C1. The van der Waals surface area contributed by atoms with Crippen molar-refractivity contribution in [2.24, 2.45) is 0 Å². The molecule has 7 heterocycles. The van der Waals surface area contributed by atoms with E-state index in [1.54, 1.807) is 17.2 Å². The van der Waals surface area contributed by atoms with Gasteiger partial charge in [-0.15, -0.1) is 0 Å². The van der Waals surface area contributed by atoms with E-state index in [1.165, 1.54) is 6.20 Å². The summed E-state index contributed by atoms with van der Waals surface area (Å²) in [5.74, 6) is -0.442. The zero-order valence-electron chi connectivity index (χ0n) is 24.7. The highest BCUT2D eigenvalue weighted by atomic mass is 35.5. The zero-order valence-corrected chi connectivity index (χ0v) is 25.4. The molecule has 0 spiro atoms. The Hall–Kier alpha value is -3.88. The molecule has 0 amide bonds. The predicted octanol–water partition coefficient (Wildman–Crippen LogP) is 4.48. The van der Waals surface area contributed by atoms with Gasteiger partial charge in [0.1, 0.15) is 30.3 Å². The molecule has 4 aliphatic heterocycles. The van der Waals surface area contributed by atoms with Crippen molar-refractivity contribution in [1.29, 1.82) is 0 Å². The molecule has 6 bridgehead atoms. The first-order valence-corrected chi connectivity index (χ1v) is 15.3. The molecule has 0 unspecified atom stereocenters. The normalized spacial score (nSPS) is 22.9. The number of benzene rings is 1. The molecule has 4 aromatic rings. The van der Waals surface area contributed by atoms with Crippen LogP contribution in [0.4, 0.5) is 19.4 Å². The van der Waals surface area contributed by atoms with Gasteiger partial charge in [0.05, 0.1) is 43.5 Å². The van der Waals surface area contributed by atoms with Crippen molar-refractivity contribution in [2.45, 2.75) is 37.3 Å². The van der Waals surface area contributed by atoms with Crippen LogP contribution in [-0.2, 0) is 20.6 Å². The Morgan fingerprint density at radius 2 is 2.09 bits per heavy atom. The van der Waals surface area contributed by atoms with Crippen LogP contribution >= 0.6 is 11.6 Å². The van der Waals surface area contributed by atoms with Crippen LogP contribution in [0.3, 0.4) is 0 Å². The number of aromatic nitrogens is 5. The summed E-state index contributed by atoms with van der Waals surface area (Å²) in [6, 6.07) is 1.83. The number of pyridine rings is 1. The maximum atomic E-state index is 16.9. The molecule has 2 fully saturated rings. The molecule has 3 aromatic heterocycles. The van der Waals surface area contributed by atoms with Gasteiger partial charge in [-0.3, -0.25) is 10.1 Å². The van der Waals surface area contributed by atoms with E-state index in [0.717, 1.165) is 19.4 Å². The number of nitrogens with one attached hydrogen (secondary N) is 1. The molecule has 1 N–H and O–H groups in total. The number of halogens is 3. The second kappa shape index (κ2) is 12.1. The van der Waals surface area contributed by atoms with Crippen LogP contribution in [0.1, 0.15) is 24.8 Å². The minimum Gasteiger partial charge on any atom is -0.462 e. The van der Waals surface area contributed by atoms with E-state index in [9.17, 15) is 9.18 Å². The van der Waals surface area contributed by atoms with Gasteiger partial charge >= 0.3 is 12.2 Å². The second-order valence-electron chi connectivity index (χ2n) is 11.7. The molecule has 1 aromatic carbocycles. The average Bonchev–Trinajstić information content (AvgIpc) is 3.61. The third-order valence-electron chi connectivity index (χ3n) is 8.74. The van der Waals surface area contributed by atoms with E-state index in [1.807, 2.05) is 7.05 Å². The molecular formula is C30H32ClF2N7O5. The lowest BCUT2D eigenvalue weighted by Gasteiger charge is -2.33. The summed E-state index contributed by atoms with van der Waals surface area (Å²) < 4.78 is 54.3. The van der Waals surface area contributed by atoms with Crippen LogP contribution in [-0.4, -0.2) is 108 Å². The van der Waals surface area contributed by atoms with Gasteiger partial charge in [-0.05, 0) is 50.9 Å². The summed E-state index contributed by atoms with van der Waals surface area (Å²) in [6.07, 6.45) is 4.70. The molecule has 0 aliphatic carbocycles. The average molecular weight is 644 g/mol. The number of hydrogen-bond donors (Lipinski definition) is 1. The number of likely N-dealkylation sites (tertiary alicyclic amines) is 1. The number of ether oxygens (including phenoxy) is 4. The highest BCUT2D eigenvalue weighted by molar-refractivity contribution is 6.33. The van der Waals surface area contributed by atoms with E-state index in [2.05, 4.69) is 30.0 Å². The van der Waals surface area contributed by atoms with E-state index in [-0.39, 0.29) is 67.4 Å². The Balaban J connectivity index is 1.43. The van der Waals surface area contributed by atoms with Crippen LogP contribution in [0.2, 0.25) is 5.02 Å². The van der Waals surface area contributed by atoms with Crippen LogP contribution in [0, 0.1) is 5.82 Å². The van der Waals surface area contributed by atoms with Gasteiger partial charge in [0.15, 0.2) is 11.4 Å². The molecule has 12 nitrogen and oxygen atoms in total. The van der Waals surface area contributed by atoms with Crippen molar-refractivity contribution in [1.82, 2.24) is 30.0 Å². The Morgan fingerprint density at radius 3 is 2.91 bits per heavy atom. The maximum absolute atomic E-state index is 16.9. The predicted molar refractivity (Wildman–Crippen MR) is 161 cm³/mol. The third kappa shape index (κ3) is 5.59. The Kier molecular flexibility index (Phi) is 8.04. The molecule has 238 valence electrons. The van der Waals surface area contributed by atoms with Crippen LogP contribution in [0.5, 0.6) is 6.01 Å². The van der Waals surface area contributed by atoms with Gasteiger partial charge in [0.25, 0.3) is 0 Å². The number of likely N-dealkylation sites (N-methyl/N-ethyl adjacent to an activating group) is 1. The number of carbonyl (C=O) groups excluding carboxylic acids is 1. The van der Waals surface area contributed by atoms with Crippen molar-refractivity contribution < 1.29 is 32.5 Å².